The maximum atomic E-state index is 11.6. The fraction of sp³-hybridized carbons (Fsp3) is 0.100. The van der Waals surface area contributed by atoms with Gasteiger partial charge in [0.15, 0.2) is 0 Å². The molecule has 0 atom stereocenters. The number of nitrogens with one attached hydrogen (secondary N) is 1. The minimum absolute atomic E-state index is 0.0480. The van der Waals surface area contributed by atoms with Gasteiger partial charge in [-0.3, -0.25) is 14.9 Å². The van der Waals surface area contributed by atoms with Crippen molar-refractivity contribution < 1.29 is 14.1 Å². The van der Waals surface area contributed by atoms with E-state index < -0.39 is 4.92 Å². The monoisotopic (exact) mass is 252 g/mol. The van der Waals surface area contributed by atoms with Gasteiger partial charge in [-0.25, -0.2) is 0 Å². The molecule has 0 fully saturated rings. The SMILES string of the molecule is O=C(NCc1ccco1)c1ccc([N+](=O)[O-])s1. The first-order valence-electron chi connectivity index (χ1n) is 4.71. The lowest BCUT2D eigenvalue weighted by atomic mass is 10.4. The van der Waals surface area contributed by atoms with Gasteiger partial charge < -0.3 is 9.73 Å². The van der Waals surface area contributed by atoms with E-state index in [9.17, 15) is 14.9 Å². The molecule has 1 N–H and O–H groups in total. The average Bonchev–Trinajstić information content (AvgIpc) is 2.96. The summed E-state index contributed by atoms with van der Waals surface area (Å²) in [5, 5.41) is 13.0. The highest BCUT2D eigenvalue weighted by Crippen LogP contribution is 2.23. The van der Waals surface area contributed by atoms with Crippen LogP contribution in [0.2, 0.25) is 0 Å². The van der Waals surface area contributed by atoms with Crippen LogP contribution in [0.1, 0.15) is 15.4 Å². The van der Waals surface area contributed by atoms with Gasteiger partial charge in [0.1, 0.15) is 5.76 Å². The number of furan rings is 1. The number of nitro groups is 1. The highest BCUT2D eigenvalue weighted by Gasteiger charge is 2.14. The van der Waals surface area contributed by atoms with E-state index >= 15 is 0 Å². The van der Waals surface area contributed by atoms with Crippen molar-refractivity contribution in [1.29, 1.82) is 0 Å². The Kier molecular flexibility index (Phi) is 3.20. The molecule has 2 heterocycles. The minimum atomic E-state index is -0.520. The van der Waals surface area contributed by atoms with Crippen molar-refractivity contribution in [2.24, 2.45) is 0 Å². The van der Waals surface area contributed by atoms with Crippen LogP contribution in [-0.4, -0.2) is 10.8 Å². The van der Waals surface area contributed by atoms with Crippen LogP contribution in [0, 0.1) is 10.1 Å². The fourth-order valence-corrected chi connectivity index (χ4v) is 1.95. The van der Waals surface area contributed by atoms with Gasteiger partial charge in [-0.2, -0.15) is 0 Å². The maximum Gasteiger partial charge on any atom is 0.324 e. The van der Waals surface area contributed by atoms with E-state index in [2.05, 4.69) is 5.32 Å². The standard InChI is InChI=1S/C10H8N2O4S/c13-10(11-6-7-2-1-5-16-7)8-3-4-9(17-8)12(14)15/h1-5H,6H2,(H,11,13). The molecule has 2 aromatic heterocycles. The Hall–Kier alpha value is -2.15. The number of hydrogen-bond donors (Lipinski definition) is 1. The van der Waals surface area contributed by atoms with Gasteiger partial charge in [-0.1, -0.05) is 11.3 Å². The van der Waals surface area contributed by atoms with E-state index in [0.717, 1.165) is 11.3 Å². The third kappa shape index (κ3) is 2.70. The topological polar surface area (TPSA) is 85.4 Å². The molecule has 0 spiro atoms. The second-order valence-electron chi connectivity index (χ2n) is 3.16. The molecule has 2 aromatic rings. The van der Waals surface area contributed by atoms with Crippen LogP contribution in [0.4, 0.5) is 5.00 Å². The van der Waals surface area contributed by atoms with Crippen LogP contribution < -0.4 is 5.32 Å². The number of nitrogens with zero attached hydrogens (tertiary/aromatic N) is 1. The number of rotatable bonds is 4. The van der Waals surface area contributed by atoms with Gasteiger partial charge >= 0.3 is 5.00 Å². The number of amides is 1. The molecule has 0 aliphatic rings. The van der Waals surface area contributed by atoms with Crippen molar-refractivity contribution in [2.75, 3.05) is 0 Å². The molecule has 2 rings (SSSR count). The Morgan fingerprint density at radius 2 is 2.29 bits per heavy atom. The van der Waals surface area contributed by atoms with Gasteiger partial charge in [0.05, 0.1) is 22.6 Å². The Balaban J connectivity index is 1.97. The smallest absolute Gasteiger partial charge is 0.324 e. The van der Waals surface area contributed by atoms with E-state index in [1.54, 1.807) is 12.1 Å². The zero-order valence-electron chi connectivity index (χ0n) is 8.58. The summed E-state index contributed by atoms with van der Waals surface area (Å²) in [7, 11) is 0. The van der Waals surface area contributed by atoms with Crippen molar-refractivity contribution in [3.8, 4) is 0 Å². The Morgan fingerprint density at radius 3 is 2.88 bits per heavy atom. The molecule has 0 saturated heterocycles. The summed E-state index contributed by atoms with van der Waals surface area (Å²) in [6, 6.07) is 6.20. The molecule has 6 nitrogen and oxygen atoms in total. The van der Waals surface area contributed by atoms with E-state index in [0.29, 0.717) is 10.6 Å². The summed E-state index contributed by atoms with van der Waals surface area (Å²) in [5.41, 5.74) is 0. The first kappa shape index (κ1) is 11.3. The van der Waals surface area contributed by atoms with Crippen LogP contribution in [0.25, 0.3) is 0 Å². The van der Waals surface area contributed by atoms with Crippen molar-refractivity contribution >= 4 is 22.2 Å². The van der Waals surface area contributed by atoms with E-state index in [-0.39, 0.29) is 17.5 Å². The molecule has 0 aliphatic heterocycles. The molecular formula is C10H8N2O4S. The van der Waals surface area contributed by atoms with Gasteiger partial charge in [-0.05, 0) is 18.2 Å². The zero-order chi connectivity index (χ0) is 12.3. The molecule has 7 heteroatoms. The van der Waals surface area contributed by atoms with Gasteiger partial charge in [0, 0.05) is 6.07 Å². The first-order valence-corrected chi connectivity index (χ1v) is 5.53. The van der Waals surface area contributed by atoms with Crippen molar-refractivity contribution in [1.82, 2.24) is 5.32 Å². The summed E-state index contributed by atoms with van der Waals surface area (Å²) in [4.78, 5) is 21.9. The van der Waals surface area contributed by atoms with Crippen LogP contribution in [-0.2, 0) is 6.54 Å². The molecule has 0 unspecified atom stereocenters. The summed E-state index contributed by atoms with van der Waals surface area (Å²) in [5.74, 6) is 0.281. The van der Waals surface area contributed by atoms with Crippen molar-refractivity contribution in [3.05, 3.63) is 51.3 Å². The predicted molar refractivity (Wildman–Crippen MR) is 60.9 cm³/mol. The quantitative estimate of drug-likeness (QED) is 0.667. The molecule has 88 valence electrons. The Bertz CT molecular complexity index is 532. The number of carbonyl (C=O) groups excluding carboxylic acids is 1. The molecular weight excluding hydrogens is 244 g/mol. The largest absolute Gasteiger partial charge is 0.467 e. The summed E-state index contributed by atoms with van der Waals surface area (Å²) < 4.78 is 5.04. The third-order valence-electron chi connectivity index (χ3n) is 2.00. The number of thiophene rings is 1. The minimum Gasteiger partial charge on any atom is -0.467 e. The van der Waals surface area contributed by atoms with E-state index in [4.69, 9.17) is 4.42 Å². The number of hydrogen-bond acceptors (Lipinski definition) is 5. The van der Waals surface area contributed by atoms with Gasteiger partial charge in [0.25, 0.3) is 5.91 Å². The second kappa shape index (κ2) is 4.79. The normalized spacial score (nSPS) is 10.1. The molecule has 0 saturated carbocycles. The molecule has 1 amide bonds. The van der Waals surface area contributed by atoms with Crippen molar-refractivity contribution in [2.45, 2.75) is 6.54 Å². The Morgan fingerprint density at radius 1 is 1.47 bits per heavy atom. The maximum absolute atomic E-state index is 11.6. The van der Waals surface area contributed by atoms with Gasteiger partial charge in [0.2, 0.25) is 0 Å². The predicted octanol–water partition coefficient (Wildman–Crippen LogP) is 2.18. The summed E-state index contributed by atoms with van der Waals surface area (Å²) in [6.45, 7) is 0.261. The molecule has 0 aliphatic carbocycles. The van der Waals surface area contributed by atoms with E-state index in [1.165, 1.54) is 18.4 Å². The Labute approximate surface area is 100 Å². The summed E-state index contributed by atoms with van der Waals surface area (Å²) >= 11 is 0.845. The molecule has 0 bridgehead atoms. The lowest BCUT2D eigenvalue weighted by Crippen LogP contribution is -2.21. The van der Waals surface area contributed by atoms with Crippen LogP contribution in [0.3, 0.4) is 0 Å². The average molecular weight is 252 g/mol. The summed E-state index contributed by atoms with van der Waals surface area (Å²) in [6.07, 6.45) is 1.51. The molecule has 0 radical (unpaired) electrons. The second-order valence-corrected chi connectivity index (χ2v) is 4.22. The highest BCUT2D eigenvalue weighted by atomic mass is 32.1. The first-order chi connectivity index (χ1) is 8.16. The molecule has 0 aromatic carbocycles. The van der Waals surface area contributed by atoms with Crippen LogP contribution in [0.15, 0.2) is 34.9 Å². The number of carbonyl (C=O) groups is 1. The van der Waals surface area contributed by atoms with Crippen LogP contribution >= 0.6 is 11.3 Å². The zero-order valence-corrected chi connectivity index (χ0v) is 9.40. The lowest BCUT2D eigenvalue weighted by Gasteiger charge is -1.99. The van der Waals surface area contributed by atoms with Crippen molar-refractivity contribution in [3.63, 3.8) is 0 Å². The highest BCUT2D eigenvalue weighted by molar-refractivity contribution is 7.17. The molecule has 17 heavy (non-hydrogen) atoms. The van der Waals surface area contributed by atoms with E-state index in [1.807, 2.05) is 0 Å². The van der Waals surface area contributed by atoms with Gasteiger partial charge in [-0.15, -0.1) is 0 Å². The van der Waals surface area contributed by atoms with Crippen LogP contribution in [0.5, 0.6) is 0 Å². The lowest BCUT2D eigenvalue weighted by molar-refractivity contribution is -0.380. The third-order valence-corrected chi connectivity index (χ3v) is 3.03. The fourth-order valence-electron chi connectivity index (χ4n) is 1.22.